The van der Waals surface area contributed by atoms with Crippen LogP contribution in [0.15, 0.2) is 24.3 Å². The summed E-state index contributed by atoms with van der Waals surface area (Å²) in [5, 5.41) is 8.27. The molecule has 0 atom stereocenters. The average molecular weight is 276 g/mol. The molecular weight excluding hydrogens is 256 g/mol. The summed E-state index contributed by atoms with van der Waals surface area (Å²) in [5.74, 6) is 1.68. The summed E-state index contributed by atoms with van der Waals surface area (Å²) in [6.07, 6.45) is 5.64. The summed E-state index contributed by atoms with van der Waals surface area (Å²) in [7, 11) is 0. The standard InChI is InChI=1S/C15H20N2OS/c1-2-19-15(16)17(11-18)14-6-4-3-5-13(14)10-9-12-7-8-12/h3-6,11-12,16H,2,7-10H2,1H3. The Morgan fingerprint density at radius 2 is 2.21 bits per heavy atom. The Labute approximate surface area is 118 Å². The van der Waals surface area contributed by atoms with Gasteiger partial charge in [0.15, 0.2) is 5.17 Å². The van der Waals surface area contributed by atoms with Gasteiger partial charge in [-0.15, -0.1) is 0 Å². The molecule has 1 amide bonds. The van der Waals surface area contributed by atoms with E-state index in [1.165, 1.54) is 41.5 Å². The number of carbonyl (C=O) groups excluding carboxylic acids is 1. The van der Waals surface area contributed by atoms with E-state index in [2.05, 4.69) is 6.07 Å². The number of anilines is 1. The molecule has 4 heteroatoms. The van der Waals surface area contributed by atoms with Crippen LogP contribution in [0.5, 0.6) is 0 Å². The molecule has 1 aliphatic carbocycles. The van der Waals surface area contributed by atoms with Gasteiger partial charge >= 0.3 is 0 Å². The Balaban J connectivity index is 2.15. The Bertz CT molecular complexity index is 457. The zero-order valence-electron chi connectivity index (χ0n) is 11.3. The van der Waals surface area contributed by atoms with E-state index in [1.54, 1.807) is 0 Å². The van der Waals surface area contributed by atoms with Crippen molar-refractivity contribution >= 4 is 29.0 Å². The zero-order chi connectivity index (χ0) is 13.7. The smallest absolute Gasteiger partial charge is 0.220 e. The first-order valence-corrected chi connectivity index (χ1v) is 7.78. The lowest BCUT2D eigenvalue weighted by Crippen LogP contribution is -2.27. The summed E-state index contributed by atoms with van der Waals surface area (Å²) >= 11 is 1.38. The maximum atomic E-state index is 11.3. The molecule has 1 fully saturated rings. The molecule has 0 saturated heterocycles. The third kappa shape index (κ3) is 3.83. The molecule has 0 radical (unpaired) electrons. The summed E-state index contributed by atoms with van der Waals surface area (Å²) in [4.78, 5) is 12.8. The summed E-state index contributed by atoms with van der Waals surface area (Å²) in [6.45, 7) is 1.99. The van der Waals surface area contributed by atoms with Crippen molar-refractivity contribution in [2.24, 2.45) is 5.92 Å². The van der Waals surface area contributed by atoms with Crippen molar-refractivity contribution in [1.29, 1.82) is 5.41 Å². The second kappa shape index (κ2) is 6.75. The van der Waals surface area contributed by atoms with Gasteiger partial charge in [0.1, 0.15) is 0 Å². The van der Waals surface area contributed by atoms with Gasteiger partial charge < -0.3 is 0 Å². The van der Waals surface area contributed by atoms with E-state index >= 15 is 0 Å². The van der Waals surface area contributed by atoms with Gasteiger partial charge in [-0.3, -0.25) is 15.1 Å². The molecular formula is C15H20N2OS. The lowest BCUT2D eigenvalue weighted by Gasteiger charge is -2.20. The number of benzene rings is 1. The number of hydrogen-bond acceptors (Lipinski definition) is 3. The van der Waals surface area contributed by atoms with Gasteiger partial charge in [-0.25, -0.2) is 0 Å². The molecule has 0 aliphatic heterocycles. The minimum absolute atomic E-state index is 0.302. The number of thioether (sulfide) groups is 1. The van der Waals surface area contributed by atoms with Gasteiger partial charge in [-0.1, -0.05) is 49.7 Å². The van der Waals surface area contributed by atoms with Crippen LogP contribution >= 0.6 is 11.8 Å². The van der Waals surface area contributed by atoms with Gasteiger partial charge in [0.25, 0.3) is 0 Å². The van der Waals surface area contributed by atoms with Gasteiger partial charge in [0.2, 0.25) is 6.41 Å². The number of hydrogen-bond donors (Lipinski definition) is 1. The van der Waals surface area contributed by atoms with Crippen molar-refractivity contribution in [3.05, 3.63) is 29.8 Å². The third-order valence-electron chi connectivity index (χ3n) is 3.38. The fourth-order valence-corrected chi connectivity index (χ4v) is 2.70. The lowest BCUT2D eigenvalue weighted by molar-refractivity contribution is -0.106. The van der Waals surface area contributed by atoms with Crippen LogP contribution in [0.3, 0.4) is 0 Å². The van der Waals surface area contributed by atoms with Crippen LogP contribution in [0.2, 0.25) is 0 Å². The van der Waals surface area contributed by atoms with E-state index in [4.69, 9.17) is 5.41 Å². The largest absolute Gasteiger partial charge is 0.278 e. The van der Waals surface area contributed by atoms with Crippen LogP contribution in [-0.2, 0) is 11.2 Å². The molecule has 1 N–H and O–H groups in total. The van der Waals surface area contributed by atoms with E-state index in [0.717, 1.165) is 30.2 Å². The van der Waals surface area contributed by atoms with Crippen LogP contribution in [0.4, 0.5) is 5.69 Å². The Hall–Kier alpha value is -1.29. The fraction of sp³-hybridized carbons (Fsp3) is 0.467. The molecule has 1 saturated carbocycles. The highest BCUT2D eigenvalue weighted by molar-refractivity contribution is 8.14. The maximum absolute atomic E-state index is 11.3. The van der Waals surface area contributed by atoms with Crippen LogP contribution in [-0.4, -0.2) is 17.3 Å². The molecule has 0 spiro atoms. The van der Waals surface area contributed by atoms with E-state index < -0.39 is 0 Å². The highest BCUT2D eigenvalue weighted by atomic mass is 32.2. The normalized spacial score (nSPS) is 14.2. The highest BCUT2D eigenvalue weighted by Gasteiger charge is 2.22. The highest BCUT2D eigenvalue weighted by Crippen LogP contribution is 2.35. The summed E-state index contributed by atoms with van der Waals surface area (Å²) in [6, 6.07) is 7.93. The predicted octanol–water partition coefficient (Wildman–Crippen LogP) is 3.68. The number of rotatable bonds is 6. The Kier molecular flexibility index (Phi) is 5.02. The van der Waals surface area contributed by atoms with Crippen molar-refractivity contribution in [2.75, 3.05) is 10.7 Å². The van der Waals surface area contributed by atoms with E-state index in [1.807, 2.05) is 25.1 Å². The number of nitrogens with zero attached hydrogens (tertiary/aromatic N) is 1. The predicted molar refractivity (Wildman–Crippen MR) is 81.9 cm³/mol. The summed E-state index contributed by atoms with van der Waals surface area (Å²) in [5.41, 5.74) is 2.03. The van der Waals surface area contributed by atoms with Crippen molar-refractivity contribution in [2.45, 2.75) is 32.6 Å². The maximum Gasteiger partial charge on any atom is 0.220 e. The van der Waals surface area contributed by atoms with Crippen LogP contribution < -0.4 is 4.90 Å². The van der Waals surface area contributed by atoms with Crippen molar-refractivity contribution in [3.8, 4) is 0 Å². The van der Waals surface area contributed by atoms with Gasteiger partial charge in [-0.2, -0.15) is 0 Å². The first-order chi connectivity index (χ1) is 9.26. The van der Waals surface area contributed by atoms with Crippen molar-refractivity contribution < 1.29 is 4.79 Å². The monoisotopic (exact) mass is 276 g/mol. The van der Waals surface area contributed by atoms with E-state index in [9.17, 15) is 4.79 Å². The molecule has 2 rings (SSSR count). The molecule has 1 aromatic rings. The number of nitrogens with one attached hydrogen (secondary N) is 1. The average Bonchev–Trinajstić information content (AvgIpc) is 3.23. The van der Waals surface area contributed by atoms with Gasteiger partial charge in [-0.05, 0) is 36.1 Å². The molecule has 3 nitrogen and oxygen atoms in total. The topological polar surface area (TPSA) is 44.2 Å². The molecule has 1 aliphatic rings. The SMILES string of the molecule is CCSC(=N)N(C=O)c1ccccc1CCC1CC1. The van der Waals surface area contributed by atoms with Gasteiger partial charge in [0.05, 0.1) is 5.69 Å². The second-order valence-electron chi connectivity index (χ2n) is 4.82. The van der Waals surface area contributed by atoms with Crippen molar-refractivity contribution in [1.82, 2.24) is 0 Å². The second-order valence-corrected chi connectivity index (χ2v) is 6.08. The molecule has 1 aromatic carbocycles. The lowest BCUT2D eigenvalue weighted by atomic mass is 10.0. The Morgan fingerprint density at radius 1 is 1.47 bits per heavy atom. The van der Waals surface area contributed by atoms with Crippen LogP contribution in [0.25, 0.3) is 0 Å². The Morgan fingerprint density at radius 3 is 2.84 bits per heavy atom. The van der Waals surface area contributed by atoms with Crippen molar-refractivity contribution in [3.63, 3.8) is 0 Å². The van der Waals surface area contributed by atoms with E-state index in [-0.39, 0.29) is 0 Å². The number of carbonyl (C=O) groups is 1. The first-order valence-electron chi connectivity index (χ1n) is 6.80. The number of para-hydroxylation sites is 1. The zero-order valence-corrected chi connectivity index (χ0v) is 12.1. The minimum atomic E-state index is 0.302. The summed E-state index contributed by atoms with van der Waals surface area (Å²) < 4.78 is 0. The molecule has 0 heterocycles. The minimum Gasteiger partial charge on any atom is -0.278 e. The van der Waals surface area contributed by atoms with E-state index in [0.29, 0.717) is 5.17 Å². The molecule has 0 aromatic heterocycles. The first kappa shape index (κ1) is 14.1. The van der Waals surface area contributed by atoms with Gasteiger partial charge in [0, 0.05) is 0 Å². The molecule has 0 bridgehead atoms. The molecule has 0 unspecified atom stereocenters. The third-order valence-corrected chi connectivity index (χ3v) is 4.13. The fourth-order valence-electron chi connectivity index (χ4n) is 2.14. The molecule has 102 valence electrons. The number of amidine groups is 1. The number of amides is 1. The number of aryl methyl sites for hydroxylation is 1. The van der Waals surface area contributed by atoms with Crippen LogP contribution in [0.1, 0.15) is 31.7 Å². The van der Waals surface area contributed by atoms with Crippen LogP contribution in [0, 0.1) is 11.3 Å². The quantitative estimate of drug-likeness (QED) is 0.489. The molecule has 19 heavy (non-hydrogen) atoms.